The number of aromatic carboxylic acids is 1. The fourth-order valence-electron chi connectivity index (χ4n) is 1.95. The lowest BCUT2D eigenvalue weighted by Gasteiger charge is -2.07. The quantitative estimate of drug-likeness (QED) is 0.889. The highest BCUT2D eigenvalue weighted by atomic mass is 32.1. The zero-order valence-electron chi connectivity index (χ0n) is 11.1. The first-order valence-electron chi connectivity index (χ1n) is 6.22. The van der Waals surface area contributed by atoms with E-state index < -0.39 is 5.97 Å². The summed E-state index contributed by atoms with van der Waals surface area (Å²) < 4.78 is 0. The van der Waals surface area contributed by atoms with Gasteiger partial charge in [0.25, 0.3) is 5.91 Å². The molecule has 0 unspecified atom stereocenters. The highest BCUT2D eigenvalue weighted by Gasteiger charge is 2.11. The van der Waals surface area contributed by atoms with Gasteiger partial charge in [0.2, 0.25) is 0 Å². The Morgan fingerprint density at radius 2 is 1.95 bits per heavy atom. The van der Waals surface area contributed by atoms with Crippen LogP contribution in [0.25, 0.3) is 0 Å². The van der Waals surface area contributed by atoms with Crippen molar-refractivity contribution in [3.05, 3.63) is 57.3 Å². The number of hydrogen-bond acceptors (Lipinski definition) is 3. The zero-order chi connectivity index (χ0) is 14.5. The van der Waals surface area contributed by atoms with Crippen LogP contribution in [0.3, 0.4) is 0 Å². The minimum atomic E-state index is -0.944. The van der Waals surface area contributed by atoms with Crippen molar-refractivity contribution in [2.75, 3.05) is 6.54 Å². The van der Waals surface area contributed by atoms with E-state index in [4.69, 9.17) is 5.11 Å². The summed E-state index contributed by atoms with van der Waals surface area (Å²) in [5.41, 5.74) is 2.65. The Kier molecular flexibility index (Phi) is 4.53. The summed E-state index contributed by atoms with van der Waals surface area (Å²) in [4.78, 5) is 23.0. The molecule has 2 rings (SSSR count). The maximum atomic E-state index is 11.9. The summed E-state index contributed by atoms with van der Waals surface area (Å²) in [7, 11) is 0. The second-order valence-corrected chi connectivity index (χ2v) is 5.18. The van der Waals surface area contributed by atoms with Gasteiger partial charge in [-0.3, -0.25) is 4.79 Å². The molecule has 104 valence electrons. The second kappa shape index (κ2) is 6.34. The van der Waals surface area contributed by atoms with Crippen molar-refractivity contribution in [3.8, 4) is 0 Å². The Morgan fingerprint density at radius 3 is 2.60 bits per heavy atom. The van der Waals surface area contributed by atoms with Crippen molar-refractivity contribution in [3.63, 3.8) is 0 Å². The highest BCUT2D eigenvalue weighted by Crippen LogP contribution is 2.13. The summed E-state index contributed by atoms with van der Waals surface area (Å²) >= 11 is 1.49. The minimum absolute atomic E-state index is 0.114. The topological polar surface area (TPSA) is 66.4 Å². The van der Waals surface area contributed by atoms with E-state index >= 15 is 0 Å². The highest BCUT2D eigenvalue weighted by molar-refractivity contribution is 7.08. The molecule has 1 aromatic carbocycles. The molecule has 0 fully saturated rings. The number of carbonyl (C=O) groups excluding carboxylic acids is 1. The van der Waals surface area contributed by atoms with E-state index in [1.165, 1.54) is 11.3 Å². The number of thiophene rings is 1. The van der Waals surface area contributed by atoms with Crippen LogP contribution in [-0.2, 0) is 6.42 Å². The molecule has 0 radical (unpaired) electrons. The largest absolute Gasteiger partial charge is 0.478 e. The maximum Gasteiger partial charge on any atom is 0.335 e. The molecule has 0 bridgehead atoms. The summed E-state index contributed by atoms with van der Waals surface area (Å²) in [5, 5.41) is 15.6. The molecule has 0 aliphatic heterocycles. The SMILES string of the molecule is Cc1cscc1C(=O)NCCc1ccccc1C(=O)O. The number of carboxylic acids is 1. The molecule has 0 saturated carbocycles. The molecule has 0 saturated heterocycles. The third-order valence-electron chi connectivity index (χ3n) is 3.03. The molecule has 2 aromatic rings. The number of carboxylic acid groups (broad SMARTS) is 1. The minimum Gasteiger partial charge on any atom is -0.478 e. The van der Waals surface area contributed by atoms with Crippen LogP contribution >= 0.6 is 11.3 Å². The van der Waals surface area contributed by atoms with Gasteiger partial charge in [0.1, 0.15) is 0 Å². The molecule has 20 heavy (non-hydrogen) atoms. The molecule has 5 heteroatoms. The molecule has 2 N–H and O–H groups in total. The second-order valence-electron chi connectivity index (χ2n) is 4.44. The smallest absolute Gasteiger partial charge is 0.335 e. The van der Waals surface area contributed by atoms with Crippen LogP contribution in [-0.4, -0.2) is 23.5 Å². The van der Waals surface area contributed by atoms with Crippen LogP contribution in [0.15, 0.2) is 35.0 Å². The molecule has 1 heterocycles. The van der Waals surface area contributed by atoms with Crippen LogP contribution in [0.5, 0.6) is 0 Å². The Hall–Kier alpha value is -2.14. The van der Waals surface area contributed by atoms with E-state index in [1.54, 1.807) is 24.3 Å². The normalized spacial score (nSPS) is 10.2. The van der Waals surface area contributed by atoms with Crippen molar-refractivity contribution in [2.45, 2.75) is 13.3 Å². The average molecular weight is 289 g/mol. The van der Waals surface area contributed by atoms with Crippen molar-refractivity contribution < 1.29 is 14.7 Å². The zero-order valence-corrected chi connectivity index (χ0v) is 11.9. The molecular formula is C15H15NO3S. The first-order chi connectivity index (χ1) is 9.59. The monoisotopic (exact) mass is 289 g/mol. The van der Waals surface area contributed by atoms with Crippen molar-refractivity contribution >= 4 is 23.2 Å². The maximum absolute atomic E-state index is 11.9. The number of hydrogen-bond donors (Lipinski definition) is 2. The van der Waals surface area contributed by atoms with E-state index in [2.05, 4.69) is 5.32 Å². The van der Waals surface area contributed by atoms with Gasteiger partial charge >= 0.3 is 5.97 Å². The van der Waals surface area contributed by atoms with Gasteiger partial charge in [-0.15, -0.1) is 0 Å². The predicted octanol–water partition coefficient (Wildman–Crippen LogP) is 2.73. The van der Waals surface area contributed by atoms with Crippen molar-refractivity contribution in [1.29, 1.82) is 0 Å². The standard InChI is InChI=1S/C15H15NO3S/c1-10-8-20-9-13(10)14(17)16-7-6-11-4-2-3-5-12(11)15(18)19/h2-5,8-9H,6-7H2,1H3,(H,16,17)(H,18,19). The number of rotatable bonds is 5. The van der Waals surface area contributed by atoms with E-state index in [1.807, 2.05) is 17.7 Å². The summed E-state index contributed by atoms with van der Waals surface area (Å²) in [6, 6.07) is 6.83. The van der Waals surface area contributed by atoms with E-state index in [0.29, 0.717) is 18.5 Å². The van der Waals surface area contributed by atoms with Crippen LogP contribution in [0.4, 0.5) is 0 Å². The summed E-state index contributed by atoms with van der Waals surface area (Å²) in [6.45, 7) is 2.31. The molecule has 0 spiro atoms. The Labute approximate surface area is 121 Å². The van der Waals surface area contributed by atoms with Gasteiger partial charge in [-0.1, -0.05) is 18.2 Å². The van der Waals surface area contributed by atoms with E-state index in [-0.39, 0.29) is 11.5 Å². The number of amides is 1. The van der Waals surface area contributed by atoms with Crippen LogP contribution < -0.4 is 5.32 Å². The van der Waals surface area contributed by atoms with Gasteiger partial charge in [-0.05, 0) is 35.9 Å². The van der Waals surface area contributed by atoms with Crippen LogP contribution in [0.2, 0.25) is 0 Å². The third kappa shape index (κ3) is 3.24. The van der Waals surface area contributed by atoms with E-state index in [9.17, 15) is 9.59 Å². The average Bonchev–Trinajstić information content (AvgIpc) is 2.85. The van der Waals surface area contributed by atoms with Crippen LogP contribution in [0, 0.1) is 6.92 Å². The van der Waals surface area contributed by atoms with Gasteiger partial charge in [0.15, 0.2) is 0 Å². The van der Waals surface area contributed by atoms with Crippen molar-refractivity contribution in [1.82, 2.24) is 5.32 Å². The predicted molar refractivity (Wildman–Crippen MR) is 78.5 cm³/mol. The number of aryl methyl sites for hydroxylation is 1. The van der Waals surface area contributed by atoms with Gasteiger partial charge in [-0.2, -0.15) is 11.3 Å². The Morgan fingerprint density at radius 1 is 1.20 bits per heavy atom. The first-order valence-corrected chi connectivity index (χ1v) is 7.16. The molecule has 0 atom stereocenters. The molecule has 4 nitrogen and oxygen atoms in total. The lowest BCUT2D eigenvalue weighted by atomic mass is 10.0. The molecule has 1 aromatic heterocycles. The van der Waals surface area contributed by atoms with Crippen molar-refractivity contribution in [2.24, 2.45) is 0 Å². The molecular weight excluding hydrogens is 274 g/mol. The lowest BCUT2D eigenvalue weighted by molar-refractivity contribution is 0.0695. The van der Waals surface area contributed by atoms with Gasteiger partial charge in [-0.25, -0.2) is 4.79 Å². The fourth-order valence-corrected chi connectivity index (χ4v) is 2.77. The van der Waals surface area contributed by atoms with Crippen LogP contribution in [0.1, 0.15) is 31.8 Å². The fraction of sp³-hybridized carbons (Fsp3) is 0.200. The summed E-state index contributed by atoms with van der Waals surface area (Å²) in [6.07, 6.45) is 0.497. The lowest BCUT2D eigenvalue weighted by Crippen LogP contribution is -2.26. The number of nitrogens with one attached hydrogen (secondary N) is 1. The Bertz CT molecular complexity index is 634. The summed E-state index contributed by atoms with van der Waals surface area (Å²) in [5.74, 6) is -1.06. The van der Waals surface area contributed by atoms with E-state index in [0.717, 1.165) is 11.1 Å². The number of benzene rings is 1. The number of carbonyl (C=O) groups is 2. The molecule has 0 aliphatic rings. The van der Waals surface area contributed by atoms with Gasteiger partial charge in [0.05, 0.1) is 11.1 Å². The molecule has 1 amide bonds. The third-order valence-corrected chi connectivity index (χ3v) is 3.89. The molecule has 0 aliphatic carbocycles. The Balaban J connectivity index is 1.95. The first kappa shape index (κ1) is 14.3. The van der Waals surface area contributed by atoms with Gasteiger partial charge < -0.3 is 10.4 Å². The van der Waals surface area contributed by atoms with Gasteiger partial charge in [0, 0.05) is 11.9 Å².